The second kappa shape index (κ2) is 7.70. The number of ether oxygens (including phenoxy) is 1. The molecule has 0 N–H and O–H groups in total. The summed E-state index contributed by atoms with van der Waals surface area (Å²) < 4.78 is 44.9. The number of alkyl halides is 3. The predicted octanol–water partition coefficient (Wildman–Crippen LogP) is 4.53. The van der Waals surface area contributed by atoms with Gasteiger partial charge >= 0.3 is 6.18 Å². The number of methoxy groups -OCH3 is 1. The minimum atomic E-state index is -4.34. The van der Waals surface area contributed by atoms with Gasteiger partial charge in [0.05, 0.1) is 18.4 Å². The van der Waals surface area contributed by atoms with E-state index in [4.69, 9.17) is 4.74 Å². The number of nitrogens with zero attached hydrogens (tertiary/aromatic N) is 5. The van der Waals surface area contributed by atoms with Gasteiger partial charge in [-0.1, -0.05) is 35.2 Å². The van der Waals surface area contributed by atoms with Crippen LogP contribution in [-0.2, 0) is 11.9 Å². The Morgan fingerprint density at radius 1 is 1.07 bits per heavy atom. The summed E-state index contributed by atoms with van der Waals surface area (Å²) in [6, 6.07) is 12.4. The maximum Gasteiger partial charge on any atom is 0.416 e. The molecule has 148 valence electrons. The molecule has 0 saturated carbocycles. The van der Waals surface area contributed by atoms with Gasteiger partial charge in [0.2, 0.25) is 0 Å². The van der Waals surface area contributed by atoms with Crippen molar-refractivity contribution >= 4 is 22.9 Å². The topological polar surface area (TPSA) is 65.7 Å². The Kier molecular flexibility index (Phi) is 5.10. The second-order valence-corrected chi connectivity index (χ2v) is 7.00. The van der Waals surface area contributed by atoms with Gasteiger partial charge in [0.15, 0.2) is 11.2 Å². The molecule has 0 atom stereocenters. The smallest absolute Gasteiger partial charge is 0.416 e. The highest BCUT2D eigenvalue weighted by molar-refractivity contribution is 7.98. The lowest BCUT2D eigenvalue weighted by atomic mass is 10.1. The van der Waals surface area contributed by atoms with Gasteiger partial charge in [-0.2, -0.15) is 17.9 Å². The van der Waals surface area contributed by atoms with Crippen LogP contribution in [0.25, 0.3) is 16.9 Å². The molecule has 2 heterocycles. The van der Waals surface area contributed by atoms with E-state index in [0.717, 1.165) is 23.4 Å². The number of benzene rings is 2. The average Bonchev–Trinajstić information content (AvgIpc) is 3.17. The minimum Gasteiger partial charge on any atom is -0.497 e. The standard InChI is InChI=1S/C19H14F3N5OS/c1-28-15-4-2-3-14(9-15)27-17-16(25-26-27)18(24-11-23-17)29-10-12-5-7-13(8-6-12)19(20,21)22/h2-9,11H,10H2,1H3. The Hall–Kier alpha value is -3.14. The lowest BCUT2D eigenvalue weighted by Crippen LogP contribution is -2.04. The van der Waals surface area contributed by atoms with Crippen molar-refractivity contribution in [1.29, 1.82) is 0 Å². The first-order valence-electron chi connectivity index (χ1n) is 8.45. The number of halogens is 3. The van der Waals surface area contributed by atoms with Crippen LogP contribution in [0.2, 0.25) is 0 Å². The predicted molar refractivity (Wildman–Crippen MR) is 102 cm³/mol. The zero-order chi connectivity index (χ0) is 20.4. The largest absolute Gasteiger partial charge is 0.497 e. The zero-order valence-electron chi connectivity index (χ0n) is 15.1. The van der Waals surface area contributed by atoms with Crippen molar-refractivity contribution in [2.75, 3.05) is 7.11 Å². The Morgan fingerprint density at radius 2 is 1.86 bits per heavy atom. The molecular formula is C19H14F3N5OS. The van der Waals surface area contributed by atoms with E-state index in [1.807, 2.05) is 24.3 Å². The molecule has 4 aromatic rings. The highest BCUT2D eigenvalue weighted by atomic mass is 32.2. The average molecular weight is 417 g/mol. The maximum absolute atomic E-state index is 12.7. The van der Waals surface area contributed by atoms with Gasteiger partial charge in [0.1, 0.15) is 17.1 Å². The fourth-order valence-electron chi connectivity index (χ4n) is 2.69. The first kappa shape index (κ1) is 19.2. The van der Waals surface area contributed by atoms with Crippen molar-refractivity contribution in [3.05, 3.63) is 66.0 Å². The third kappa shape index (κ3) is 4.02. The summed E-state index contributed by atoms with van der Waals surface area (Å²) in [5.74, 6) is 1.12. The van der Waals surface area contributed by atoms with Crippen LogP contribution in [0, 0.1) is 0 Å². The first-order valence-corrected chi connectivity index (χ1v) is 9.44. The normalized spacial score (nSPS) is 11.7. The molecule has 6 nitrogen and oxygen atoms in total. The van der Waals surface area contributed by atoms with Crippen molar-refractivity contribution in [2.24, 2.45) is 0 Å². The van der Waals surface area contributed by atoms with E-state index in [1.54, 1.807) is 11.8 Å². The molecule has 0 aliphatic rings. The van der Waals surface area contributed by atoms with Crippen molar-refractivity contribution < 1.29 is 17.9 Å². The third-order valence-corrected chi connectivity index (χ3v) is 5.21. The Morgan fingerprint density at radius 3 is 2.59 bits per heavy atom. The van der Waals surface area contributed by atoms with Gasteiger partial charge in [-0.3, -0.25) is 0 Å². The molecule has 4 rings (SSSR count). The van der Waals surface area contributed by atoms with Crippen LogP contribution >= 0.6 is 11.8 Å². The van der Waals surface area contributed by atoms with Crippen LogP contribution < -0.4 is 4.74 Å². The highest BCUT2D eigenvalue weighted by Crippen LogP contribution is 2.31. The van der Waals surface area contributed by atoms with Crippen LogP contribution in [0.5, 0.6) is 5.75 Å². The van der Waals surface area contributed by atoms with E-state index in [0.29, 0.717) is 27.7 Å². The SMILES string of the molecule is COc1cccc(-n2nnc3c(SCc4ccc(C(F)(F)F)cc4)ncnc32)c1. The molecule has 10 heteroatoms. The molecule has 0 radical (unpaired) electrons. The first-order chi connectivity index (χ1) is 14.0. The van der Waals surface area contributed by atoms with E-state index < -0.39 is 11.7 Å². The lowest BCUT2D eigenvalue weighted by Gasteiger charge is -2.07. The summed E-state index contributed by atoms with van der Waals surface area (Å²) in [6.45, 7) is 0. The molecule has 0 bridgehead atoms. The van der Waals surface area contributed by atoms with Crippen molar-refractivity contribution in [2.45, 2.75) is 17.0 Å². The number of thioether (sulfide) groups is 1. The van der Waals surface area contributed by atoms with Crippen LogP contribution in [0.1, 0.15) is 11.1 Å². The van der Waals surface area contributed by atoms with Gasteiger partial charge in [-0.05, 0) is 29.8 Å². The summed E-state index contributed by atoms with van der Waals surface area (Å²) in [7, 11) is 1.58. The van der Waals surface area contributed by atoms with Crippen LogP contribution in [0.3, 0.4) is 0 Å². The summed E-state index contributed by atoms with van der Waals surface area (Å²) >= 11 is 1.36. The van der Waals surface area contributed by atoms with E-state index in [9.17, 15) is 13.2 Å². The van der Waals surface area contributed by atoms with Gasteiger partial charge in [-0.25, -0.2) is 9.97 Å². The Balaban J connectivity index is 1.58. The maximum atomic E-state index is 12.7. The fraction of sp³-hybridized carbons (Fsp3) is 0.158. The monoisotopic (exact) mass is 417 g/mol. The Labute approximate surface area is 167 Å². The molecular weight excluding hydrogens is 403 g/mol. The van der Waals surface area contributed by atoms with Crippen molar-refractivity contribution in [1.82, 2.24) is 25.0 Å². The molecule has 0 amide bonds. The molecule has 0 unspecified atom stereocenters. The van der Waals surface area contributed by atoms with Crippen LogP contribution in [0.4, 0.5) is 13.2 Å². The van der Waals surface area contributed by atoms with Gasteiger partial charge < -0.3 is 4.74 Å². The summed E-state index contributed by atoms with van der Waals surface area (Å²) in [4.78, 5) is 8.53. The van der Waals surface area contributed by atoms with E-state index in [1.165, 1.54) is 30.2 Å². The second-order valence-electron chi connectivity index (χ2n) is 6.04. The number of hydrogen-bond acceptors (Lipinski definition) is 6. The number of aromatic nitrogens is 5. The molecule has 2 aromatic heterocycles. The third-order valence-electron chi connectivity index (χ3n) is 4.16. The molecule has 0 saturated heterocycles. The zero-order valence-corrected chi connectivity index (χ0v) is 15.9. The van der Waals surface area contributed by atoms with E-state index >= 15 is 0 Å². The minimum absolute atomic E-state index is 0.441. The van der Waals surface area contributed by atoms with Crippen LogP contribution in [-0.4, -0.2) is 32.1 Å². The van der Waals surface area contributed by atoms with E-state index in [-0.39, 0.29) is 0 Å². The van der Waals surface area contributed by atoms with Crippen molar-refractivity contribution in [3.8, 4) is 11.4 Å². The number of rotatable bonds is 5. The quantitative estimate of drug-likeness (QED) is 0.351. The summed E-state index contributed by atoms with van der Waals surface area (Å²) in [5.41, 5.74) is 1.87. The molecule has 29 heavy (non-hydrogen) atoms. The summed E-state index contributed by atoms with van der Waals surface area (Å²) in [6.07, 6.45) is -2.93. The van der Waals surface area contributed by atoms with Gasteiger partial charge in [0, 0.05) is 11.8 Å². The molecule has 0 spiro atoms. The molecule has 0 aliphatic carbocycles. The lowest BCUT2D eigenvalue weighted by molar-refractivity contribution is -0.137. The van der Waals surface area contributed by atoms with Crippen molar-refractivity contribution in [3.63, 3.8) is 0 Å². The molecule has 0 aliphatic heterocycles. The highest BCUT2D eigenvalue weighted by Gasteiger charge is 2.29. The number of fused-ring (bicyclic) bond motifs is 1. The molecule has 0 fully saturated rings. The number of hydrogen-bond donors (Lipinski definition) is 0. The summed E-state index contributed by atoms with van der Waals surface area (Å²) in [5, 5.41) is 8.95. The van der Waals surface area contributed by atoms with Gasteiger partial charge in [-0.15, -0.1) is 5.10 Å². The van der Waals surface area contributed by atoms with Gasteiger partial charge in [0.25, 0.3) is 0 Å². The van der Waals surface area contributed by atoms with Crippen LogP contribution in [0.15, 0.2) is 59.9 Å². The molecule has 2 aromatic carbocycles. The fourth-order valence-corrected chi connectivity index (χ4v) is 3.58. The van der Waals surface area contributed by atoms with E-state index in [2.05, 4.69) is 20.3 Å². The Bertz CT molecular complexity index is 1140.